The molecule has 9 nitrogen and oxygen atoms in total. The third-order valence-electron chi connectivity index (χ3n) is 8.36. The average molecular weight is 558 g/mol. The number of anilines is 3. The van der Waals surface area contributed by atoms with E-state index in [1.807, 2.05) is 35.0 Å². The van der Waals surface area contributed by atoms with Crippen molar-refractivity contribution in [3.63, 3.8) is 0 Å². The molecule has 3 N–H and O–H groups in total. The van der Waals surface area contributed by atoms with Gasteiger partial charge in [0.05, 0.1) is 27.3 Å². The molecule has 0 amide bonds. The molecule has 2 aromatic carbocycles. The van der Waals surface area contributed by atoms with Crippen LogP contribution in [0.1, 0.15) is 31.7 Å². The minimum atomic E-state index is -0.387. The highest BCUT2D eigenvalue weighted by molar-refractivity contribution is 7.22. The molecule has 11 heteroatoms. The third-order valence-corrected chi connectivity index (χ3v) is 9.31. The Kier molecular flexibility index (Phi) is 6.57. The molecule has 3 aromatic heterocycles. The number of nitrogens with zero attached hydrogens (tertiary/aromatic N) is 7. The van der Waals surface area contributed by atoms with Crippen molar-refractivity contribution in [3.8, 4) is 11.3 Å². The quantitative estimate of drug-likeness (QED) is 0.300. The van der Waals surface area contributed by atoms with E-state index < -0.39 is 0 Å². The largest absolute Gasteiger partial charge is 0.383 e. The van der Waals surface area contributed by atoms with Crippen molar-refractivity contribution in [2.24, 2.45) is 0 Å². The number of piperazine rings is 1. The number of benzene rings is 2. The van der Waals surface area contributed by atoms with Gasteiger partial charge < -0.3 is 16.0 Å². The third kappa shape index (κ3) is 4.67. The molecule has 2 aliphatic rings. The van der Waals surface area contributed by atoms with Crippen LogP contribution in [-0.2, 0) is 0 Å². The topological polar surface area (TPSA) is 101 Å². The lowest BCUT2D eigenvalue weighted by molar-refractivity contribution is 0.0815. The van der Waals surface area contributed by atoms with Gasteiger partial charge in [-0.25, -0.2) is 24.0 Å². The number of likely N-dealkylation sites (N-methyl/N-ethyl adjacent to an activating group) is 1. The zero-order valence-electron chi connectivity index (χ0n) is 22.4. The molecule has 1 aliphatic heterocycles. The Morgan fingerprint density at radius 3 is 2.52 bits per heavy atom. The van der Waals surface area contributed by atoms with E-state index in [1.54, 1.807) is 6.07 Å². The van der Waals surface area contributed by atoms with Crippen molar-refractivity contribution in [1.29, 1.82) is 0 Å². The summed E-state index contributed by atoms with van der Waals surface area (Å²) in [6.07, 6.45) is 5.80. The van der Waals surface area contributed by atoms with Gasteiger partial charge in [0.1, 0.15) is 23.7 Å². The molecule has 5 aromatic rings. The average Bonchev–Trinajstić information content (AvgIpc) is 3.57. The number of para-hydroxylation sites is 1. The Labute approximate surface area is 235 Å². The van der Waals surface area contributed by atoms with E-state index in [0.717, 1.165) is 62.1 Å². The van der Waals surface area contributed by atoms with Crippen molar-refractivity contribution < 1.29 is 4.39 Å². The van der Waals surface area contributed by atoms with Crippen LogP contribution in [0, 0.1) is 5.82 Å². The molecule has 0 atom stereocenters. The van der Waals surface area contributed by atoms with Crippen LogP contribution in [-0.4, -0.2) is 73.8 Å². The highest BCUT2D eigenvalue weighted by Gasteiger charge is 2.30. The van der Waals surface area contributed by atoms with Crippen LogP contribution in [0.4, 0.5) is 21.0 Å². The van der Waals surface area contributed by atoms with Crippen molar-refractivity contribution in [2.45, 2.75) is 37.8 Å². The van der Waals surface area contributed by atoms with Gasteiger partial charge in [0, 0.05) is 37.8 Å². The fraction of sp³-hybridized carbons (Fsp3) is 0.379. The summed E-state index contributed by atoms with van der Waals surface area (Å²) in [5.41, 5.74) is 9.56. The molecule has 4 heterocycles. The van der Waals surface area contributed by atoms with Crippen molar-refractivity contribution in [3.05, 3.63) is 54.6 Å². The summed E-state index contributed by atoms with van der Waals surface area (Å²) in [6.45, 7) is 4.54. The molecular formula is C29H32FN9S. The van der Waals surface area contributed by atoms with E-state index in [9.17, 15) is 0 Å². The number of nitrogen functional groups attached to an aromatic ring is 1. The summed E-state index contributed by atoms with van der Waals surface area (Å²) >= 11 is 1.49. The Bertz CT molecular complexity index is 1630. The molecule has 0 spiro atoms. The maximum absolute atomic E-state index is 15.4. The summed E-state index contributed by atoms with van der Waals surface area (Å²) in [5.74, 6) is -0.0305. The van der Waals surface area contributed by atoms with Crippen LogP contribution in [0.5, 0.6) is 0 Å². The van der Waals surface area contributed by atoms with Crippen LogP contribution in [0.3, 0.4) is 0 Å². The van der Waals surface area contributed by atoms with Crippen molar-refractivity contribution >= 4 is 49.2 Å². The zero-order chi connectivity index (χ0) is 27.2. The van der Waals surface area contributed by atoms with Crippen molar-refractivity contribution in [1.82, 2.24) is 34.5 Å². The lowest BCUT2D eigenvalue weighted by atomic mass is 9.90. The highest BCUT2D eigenvalue weighted by atomic mass is 32.1. The van der Waals surface area contributed by atoms with E-state index in [0.29, 0.717) is 45.0 Å². The predicted molar refractivity (Wildman–Crippen MR) is 158 cm³/mol. The number of nitrogens with one attached hydrogen (secondary N) is 1. The standard InChI is InChI=1S/C29H32FN9S/c1-37-12-14-38(15-13-37)19-7-9-20(10-8-19)39-28-25(27(31)32-17-33-28)26(36-39)18-6-11-22(21(30)16-18)34-29-35-23-4-2-3-5-24(23)40-29/h2-6,11,16-17,19-20H,7-10,12-15H2,1H3,(H,34,35)(H2,31,32,33). The molecule has 40 heavy (non-hydrogen) atoms. The van der Waals surface area contributed by atoms with Gasteiger partial charge in [-0.15, -0.1) is 0 Å². The van der Waals surface area contributed by atoms with Crippen LogP contribution < -0.4 is 11.1 Å². The second-order valence-corrected chi connectivity index (χ2v) is 11.9. The molecule has 1 saturated carbocycles. The summed E-state index contributed by atoms with van der Waals surface area (Å²) in [4.78, 5) is 18.4. The summed E-state index contributed by atoms with van der Waals surface area (Å²) in [7, 11) is 2.20. The molecule has 0 radical (unpaired) electrons. The molecule has 2 fully saturated rings. The number of rotatable bonds is 5. The van der Waals surface area contributed by atoms with Crippen LogP contribution >= 0.6 is 11.3 Å². The number of fused-ring (bicyclic) bond motifs is 2. The fourth-order valence-corrected chi connectivity index (χ4v) is 6.99. The zero-order valence-corrected chi connectivity index (χ0v) is 23.2. The first-order chi connectivity index (χ1) is 19.5. The Morgan fingerprint density at radius 2 is 1.75 bits per heavy atom. The number of hydrogen-bond acceptors (Lipinski definition) is 9. The van der Waals surface area contributed by atoms with E-state index >= 15 is 4.39 Å². The van der Waals surface area contributed by atoms with Gasteiger partial charge in [-0.05, 0) is 57.0 Å². The summed E-state index contributed by atoms with van der Waals surface area (Å²) < 4.78 is 18.4. The maximum Gasteiger partial charge on any atom is 0.188 e. The van der Waals surface area contributed by atoms with Gasteiger partial charge in [0.25, 0.3) is 0 Å². The minimum Gasteiger partial charge on any atom is -0.383 e. The van der Waals surface area contributed by atoms with E-state index in [-0.39, 0.29) is 11.9 Å². The second kappa shape index (κ2) is 10.4. The number of hydrogen-bond donors (Lipinski definition) is 2. The first-order valence-electron chi connectivity index (χ1n) is 13.9. The fourth-order valence-electron chi connectivity index (χ4n) is 6.11. The lowest BCUT2D eigenvalue weighted by Gasteiger charge is -2.41. The van der Waals surface area contributed by atoms with Gasteiger partial charge in [0.15, 0.2) is 10.8 Å². The monoisotopic (exact) mass is 557 g/mol. The number of thiazole rings is 1. The lowest BCUT2D eigenvalue weighted by Crippen LogP contribution is -2.49. The van der Waals surface area contributed by atoms with Crippen LogP contribution in [0.2, 0.25) is 0 Å². The SMILES string of the molecule is CN1CCN(C2CCC(n3nc(-c4ccc(Nc5nc6ccccc6s5)c(F)c4)c4c(N)ncnc43)CC2)CC1. The molecule has 1 aliphatic carbocycles. The number of halogens is 1. The normalized spacial score (nSPS) is 20.9. The predicted octanol–water partition coefficient (Wildman–Crippen LogP) is 5.30. The Balaban J connectivity index is 1.15. The number of nitrogens with two attached hydrogens (primary N) is 1. The minimum absolute atomic E-state index is 0.221. The molecule has 1 saturated heterocycles. The smallest absolute Gasteiger partial charge is 0.188 e. The van der Waals surface area contributed by atoms with Crippen molar-refractivity contribution in [2.75, 3.05) is 44.3 Å². The van der Waals surface area contributed by atoms with Gasteiger partial charge in [-0.3, -0.25) is 4.90 Å². The highest BCUT2D eigenvalue weighted by Crippen LogP contribution is 2.38. The number of aromatic nitrogens is 5. The maximum atomic E-state index is 15.4. The molecule has 7 rings (SSSR count). The van der Waals surface area contributed by atoms with Crippen LogP contribution in [0.25, 0.3) is 32.5 Å². The van der Waals surface area contributed by atoms with E-state index in [1.165, 1.54) is 23.7 Å². The summed E-state index contributed by atoms with van der Waals surface area (Å²) in [6, 6.07) is 13.8. The molecule has 206 valence electrons. The van der Waals surface area contributed by atoms with E-state index in [2.05, 4.69) is 37.1 Å². The van der Waals surface area contributed by atoms with E-state index in [4.69, 9.17) is 10.8 Å². The first kappa shape index (κ1) is 25.3. The molecule has 0 bridgehead atoms. The van der Waals surface area contributed by atoms with Gasteiger partial charge >= 0.3 is 0 Å². The van der Waals surface area contributed by atoms with Gasteiger partial charge in [-0.2, -0.15) is 5.10 Å². The van der Waals surface area contributed by atoms with Gasteiger partial charge in [0.2, 0.25) is 0 Å². The first-order valence-corrected chi connectivity index (χ1v) is 14.7. The summed E-state index contributed by atoms with van der Waals surface area (Å²) in [5, 5.41) is 9.44. The Hall–Kier alpha value is -3.67. The second-order valence-electron chi connectivity index (χ2n) is 10.9. The molecular weight excluding hydrogens is 525 g/mol. The van der Waals surface area contributed by atoms with Crippen LogP contribution in [0.15, 0.2) is 48.8 Å². The molecule has 0 unspecified atom stereocenters. The Morgan fingerprint density at radius 1 is 0.975 bits per heavy atom. The van der Waals surface area contributed by atoms with Gasteiger partial charge in [-0.1, -0.05) is 29.5 Å².